The number of anilines is 2. The van der Waals surface area contributed by atoms with E-state index in [1.807, 2.05) is 0 Å². The molecule has 0 bridgehead atoms. The van der Waals surface area contributed by atoms with Crippen LogP contribution in [0.15, 0.2) is 59.8 Å². The average molecular weight is 489 g/mol. The maximum absolute atomic E-state index is 13.1. The van der Waals surface area contributed by atoms with Crippen molar-refractivity contribution >= 4 is 51.6 Å². The molecule has 0 aliphatic rings. The second-order valence-electron chi connectivity index (χ2n) is 6.11. The summed E-state index contributed by atoms with van der Waals surface area (Å²) in [4.78, 5) is 22.0. The van der Waals surface area contributed by atoms with Crippen LogP contribution in [0.4, 0.5) is 24.7 Å². The monoisotopic (exact) mass is 488 g/mol. The van der Waals surface area contributed by atoms with Crippen LogP contribution in [0, 0.1) is 0 Å². The zero-order valence-electron chi connectivity index (χ0n) is 15.7. The molecule has 12 heteroatoms. The van der Waals surface area contributed by atoms with E-state index in [4.69, 9.17) is 23.2 Å². The fourth-order valence-electron chi connectivity index (χ4n) is 2.50. The molecular formula is C19H13Cl2F3N4O2S. The standard InChI is InChI=1S/C19H13Cl2F3N4O2S/c1-28(16-4-2-3-7-25-16)18(29)17-15(8-11(20)10-26-17)27-31(30)12-5-6-14(21)13(9-12)19(22,23)24/h2-10,27H,1H3. The molecule has 0 aliphatic carbocycles. The summed E-state index contributed by atoms with van der Waals surface area (Å²) < 4.78 is 54.5. The first-order chi connectivity index (χ1) is 14.6. The molecule has 162 valence electrons. The Bertz CT molecular complexity index is 1150. The van der Waals surface area contributed by atoms with Gasteiger partial charge >= 0.3 is 6.18 Å². The Morgan fingerprint density at radius 2 is 1.87 bits per heavy atom. The van der Waals surface area contributed by atoms with Gasteiger partial charge in [0.05, 0.1) is 26.2 Å². The fraction of sp³-hybridized carbons (Fsp3) is 0.105. The molecule has 0 spiro atoms. The third-order valence-electron chi connectivity index (χ3n) is 4.01. The number of alkyl halides is 3. The number of amides is 1. The fourth-order valence-corrected chi connectivity index (χ4v) is 3.77. The predicted molar refractivity (Wildman–Crippen MR) is 113 cm³/mol. The highest BCUT2D eigenvalue weighted by atomic mass is 35.5. The average Bonchev–Trinajstić information content (AvgIpc) is 2.73. The number of nitrogens with one attached hydrogen (secondary N) is 1. The molecule has 1 aromatic carbocycles. The Kier molecular flexibility index (Phi) is 6.83. The Morgan fingerprint density at radius 1 is 1.13 bits per heavy atom. The zero-order valence-corrected chi connectivity index (χ0v) is 18.0. The first-order valence-electron chi connectivity index (χ1n) is 8.47. The van der Waals surface area contributed by atoms with E-state index in [9.17, 15) is 22.2 Å². The maximum Gasteiger partial charge on any atom is 0.417 e. The van der Waals surface area contributed by atoms with Gasteiger partial charge in [-0.1, -0.05) is 29.3 Å². The molecule has 6 nitrogen and oxygen atoms in total. The van der Waals surface area contributed by atoms with Gasteiger partial charge in [-0.2, -0.15) is 13.2 Å². The van der Waals surface area contributed by atoms with E-state index in [0.717, 1.165) is 6.07 Å². The molecule has 1 atom stereocenters. The van der Waals surface area contributed by atoms with Crippen molar-refractivity contribution in [3.63, 3.8) is 0 Å². The highest BCUT2D eigenvalue weighted by Gasteiger charge is 2.34. The van der Waals surface area contributed by atoms with Crippen LogP contribution in [0.2, 0.25) is 10.0 Å². The Balaban J connectivity index is 1.93. The lowest BCUT2D eigenvalue weighted by molar-refractivity contribution is -0.137. The molecule has 0 saturated carbocycles. The number of halogens is 5. The number of hydrogen-bond donors (Lipinski definition) is 1. The van der Waals surface area contributed by atoms with Crippen LogP contribution in [0.1, 0.15) is 16.1 Å². The summed E-state index contributed by atoms with van der Waals surface area (Å²) in [6.07, 6.45) is -2.00. The summed E-state index contributed by atoms with van der Waals surface area (Å²) in [7, 11) is -0.705. The largest absolute Gasteiger partial charge is 0.417 e. The van der Waals surface area contributed by atoms with Crippen LogP contribution in [-0.4, -0.2) is 27.1 Å². The highest BCUT2D eigenvalue weighted by molar-refractivity contribution is 7.86. The Morgan fingerprint density at radius 3 is 2.52 bits per heavy atom. The van der Waals surface area contributed by atoms with Gasteiger partial charge in [0.1, 0.15) is 16.8 Å². The van der Waals surface area contributed by atoms with Crippen LogP contribution in [0.5, 0.6) is 0 Å². The van der Waals surface area contributed by atoms with Gasteiger partial charge in [0, 0.05) is 19.4 Å². The molecule has 0 aliphatic heterocycles. The van der Waals surface area contributed by atoms with Crippen molar-refractivity contribution in [1.29, 1.82) is 0 Å². The molecule has 31 heavy (non-hydrogen) atoms. The van der Waals surface area contributed by atoms with Crippen molar-refractivity contribution in [3.8, 4) is 0 Å². The molecule has 3 aromatic rings. The zero-order chi connectivity index (χ0) is 22.8. The summed E-state index contributed by atoms with van der Waals surface area (Å²) in [5, 5.41) is -0.394. The van der Waals surface area contributed by atoms with E-state index < -0.39 is 33.7 Å². The normalized spacial score (nSPS) is 12.3. The number of nitrogens with zero attached hydrogens (tertiary/aromatic N) is 3. The summed E-state index contributed by atoms with van der Waals surface area (Å²) in [6, 6.07) is 9.12. The Hall–Kier alpha value is -2.69. The number of aromatic nitrogens is 2. The maximum atomic E-state index is 13.1. The second-order valence-corrected chi connectivity index (χ2v) is 8.17. The van der Waals surface area contributed by atoms with Gasteiger partial charge in [0.2, 0.25) is 0 Å². The molecule has 1 amide bonds. The van der Waals surface area contributed by atoms with Crippen molar-refractivity contribution < 1.29 is 22.2 Å². The molecule has 1 N–H and O–H groups in total. The quantitative estimate of drug-likeness (QED) is 0.534. The summed E-state index contributed by atoms with van der Waals surface area (Å²) in [5.41, 5.74) is -1.30. The van der Waals surface area contributed by atoms with Crippen molar-refractivity contribution in [2.24, 2.45) is 0 Å². The molecule has 0 fully saturated rings. The SMILES string of the molecule is CN(C(=O)c1ncc(Cl)cc1NS(=O)c1ccc(Cl)c(C(F)(F)F)c1)c1ccccn1. The number of carbonyl (C=O) groups excluding carboxylic acids is 1. The summed E-state index contributed by atoms with van der Waals surface area (Å²) in [5.74, 6) is -0.259. The van der Waals surface area contributed by atoms with Crippen molar-refractivity contribution in [1.82, 2.24) is 9.97 Å². The second kappa shape index (κ2) is 9.21. The lowest BCUT2D eigenvalue weighted by atomic mass is 10.2. The van der Waals surface area contributed by atoms with Gasteiger partial charge in [-0.15, -0.1) is 0 Å². The minimum atomic E-state index is -4.72. The van der Waals surface area contributed by atoms with Crippen molar-refractivity contribution in [2.45, 2.75) is 11.1 Å². The predicted octanol–water partition coefficient (Wildman–Crippen LogP) is 5.21. The number of carbonyl (C=O) groups is 1. The topological polar surface area (TPSA) is 75.2 Å². The molecule has 2 heterocycles. The summed E-state index contributed by atoms with van der Waals surface area (Å²) in [6.45, 7) is 0. The van der Waals surface area contributed by atoms with Crippen molar-refractivity contribution in [3.05, 3.63) is 76.2 Å². The summed E-state index contributed by atoms with van der Waals surface area (Å²) >= 11 is 11.6. The van der Waals surface area contributed by atoms with E-state index in [-0.39, 0.29) is 21.3 Å². The minimum absolute atomic E-state index is 0.0258. The van der Waals surface area contributed by atoms with E-state index in [2.05, 4.69) is 14.7 Å². The van der Waals surface area contributed by atoms with E-state index in [1.165, 1.54) is 36.5 Å². The van der Waals surface area contributed by atoms with E-state index >= 15 is 0 Å². The molecule has 3 rings (SSSR count). The van der Waals surface area contributed by atoms with Gasteiger partial charge in [0.25, 0.3) is 5.91 Å². The third kappa shape index (κ3) is 5.33. The smallest absolute Gasteiger partial charge is 0.299 e. The molecule has 1 unspecified atom stereocenters. The molecule has 2 aromatic heterocycles. The van der Waals surface area contributed by atoms with E-state index in [1.54, 1.807) is 18.2 Å². The Labute approximate surface area is 187 Å². The number of benzene rings is 1. The van der Waals surface area contributed by atoms with Crippen molar-refractivity contribution in [2.75, 3.05) is 16.7 Å². The first kappa shape index (κ1) is 23.0. The molecule has 0 saturated heterocycles. The third-order valence-corrected chi connectivity index (χ3v) is 5.64. The minimum Gasteiger partial charge on any atom is -0.299 e. The van der Waals surface area contributed by atoms with Crippen LogP contribution < -0.4 is 9.62 Å². The van der Waals surface area contributed by atoms with E-state index in [0.29, 0.717) is 11.9 Å². The van der Waals surface area contributed by atoms with Gasteiger partial charge in [0.15, 0.2) is 5.69 Å². The van der Waals surface area contributed by atoms with Crippen LogP contribution >= 0.6 is 23.2 Å². The van der Waals surface area contributed by atoms with Gasteiger partial charge < -0.3 is 0 Å². The van der Waals surface area contributed by atoms with Crippen LogP contribution in [0.3, 0.4) is 0 Å². The lowest BCUT2D eigenvalue weighted by Gasteiger charge is -2.18. The highest BCUT2D eigenvalue weighted by Crippen LogP contribution is 2.36. The lowest BCUT2D eigenvalue weighted by Crippen LogP contribution is -2.29. The number of rotatable bonds is 5. The first-order valence-corrected chi connectivity index (χ1v) is 10.4. The molecule has 0 radical (unpaired) electrons. The number of pyridine rings is 2. The molecular weight excluding hydrogens is 476 g/mol. The number of hydrogen-bond acceptors (Lipinski definition) is 4. The van der Waals surface area contributed by atoms with Gasteiger partial charge in [-0.05, 0) is 36.4 Å². The van der Waals surface area contributed by atoms with Gasteiger partial charge in [-0.3, -0.25) is 14.4 Å². The van der Waals surface area contributed by atoms with Gasteiger partial charge in [-0.25, -0.2) is 14.2 Å². The van der Waals surface area contributed by atoms with Crippen LogP contribution in [0.25, 0.3) is 0 Å². The van der Waals surface area contributed by atoms with Crippen LogP contribution in [-0.2, 0) is 17.2 Å².